The van der Waals surface area contributed by atoms with Crippen LogP contribution in [-0.4, -0.2) is 21.8 Å². The highest BCUT2D eigenvalue weighted by Crippen LogP contribution is 2.29. The first kappa shape index (κ1) is 15.4. The van der Waals surface area contributed by atoms with E-state index in [1.54, 1.807) is 12.3 Å². The van der Waals surface area contributed by atoms with Crippen molar-refractivity contribution in [2.24, 2.45) is 0 Å². The highest BCUT2D eigenvalue weighted by atomic mass is 16.2. The van der Waals surface area contributed by atoms with Crippen LogP contribution in [0.1, 0.15) is 0 Å². The van der Waals surface area contributed by atoms with Crippen LogP contribution in [0.2, 0.25) is 0 Å². The van der Waals surface area contributed by atoms with E-state index < -0.39 is 11.8 Å². The van der Waals surface area contributed by atoms with Gasteiger partial charge in [0.1, 0.15) is 0 Å². The molecule has 3 aromatic rings. The van der Waals surface area contributed by atoms with Crippen LogP contribution in [0.25, 0.3) is 21.8 Å². The molecule has 2 heterocycles. The highest BCUT2D eigenvalue weighted by Gasteiger charge is 2.12. The maximum absolute atomic E-state index is 11.7. The summed E-state index contributed by atoms with van der Waals surface area (Å²) in [6.07, 6.45) is 3.98. The fourth-order valence-corrected chi connectivity index (χ4v) is 2.33. The number of pyridine rings is 2. The summed E-state index contributed by atoms with van der Waals surface area (Å²) in [4.78, 5) is 32.1. The minimum absolute atomic E-state index is 0.235. The van der Waals surface area contributed by atoms with Gasteiger partial charge in [-0.05, 0) is 36.4 Å². The number of fused-ring (bicyclic) bond motifs is 3. The Bertz CT molecular complexity index is 995. The predicted molar refractivity (Wildman–Crippen MR) is 94.7 cm³/mol. The SMILES string of the molecule is C=CC(=O)Nc1cc2ccc3ncccc3c2nc1NC(=O)C=C. The van der Waals surface area contributed by atoms with Crippen molar-refractivity contribution in [2.45, 2.75) is 0 Å². The van der Waals surface area contributed by atoms with Gasteiger partial charge in [-0.25, -0.2) is 4.98 Å². The van der Waals surface area contributed by atoms with Gasteiger partial charge in [-0.15, -0.1) is 0 Å². The molecule has 0 atom stereocenters. The first-order chi connectivity index (χ1) is 11.6. The van der Waals surface area contributed by atoms with Crippen molar-refractivity contribution in [2.75, 3.05) is 10.6 Å². The average molecular weight is 318 g/mol. The molecular weight excluding hydrogens is 304 g/mol. The number of hydrogen-bond donors (Lipinski definition) is 2. The number of anilines is 2. The molecule has 3 rings (SSSR count). The number of nitrogens with zero attached hydrogens (tertiary/aromatic N) is 2. The molecule has 2 N–H and O–H groups in total. The van der Waals surface area contributed by atoms with E-state index in [9.17, 15) is 9.59 Å². The molecule has 1 aromatic carbocycles. The maximum atomic E-state index is 11.7. The van der Waals surface area contributed by atoms with Crippen molar-refractivity contribution in [3.8, 4) is 0 Å². The Morgan fingerprint density at radius 2 is 1.79 bits per heavy atom. The van der Waals surface area contributed by atoms with Crippen molar-refractivity contribution in [3.05, 3.63) is 61.8 Å². The van der Waals surface area contributed by atoms with Gasteiger partial charge in [-0.2, -0.15) is 0 Å². The molecule has 0 saturated carbocycles. The first-order valence-corrected chi connectivity index (χ1v) is 7.17. The van der Waals surface area contributed by atoms with Gasteiger partial charge in [0.05, 0.1) is 16.7 Å². The Kier molecular flexibility index (Phi) is 4.03. The monoisotopic (exact) mass is 318 g/mol. The molecule has 0 saturated heterocycles. The van der Waals surface area contributed by atoms with E-state index in [1.165, 1.54) is 0 Å². The van der Waals surface area contributed by atoms with E-state index in [0.29, 0.717) is 11.2 Å². The van der Waals surface area contributed by atoms with Gasteiger partial charge in [0.15, 0.2) is 5.82 Å². The number of aromatic nitrogens is 2. The third-order valence-electron chi connectivity index (χ3n) is 3.44. The lowest BCUT2D eigenvalue weighted by Crippen LogP contribution is -2.14. The second kappa shape index (κ2) is 6.29. The van der Waals surface area contributed by atoms with Crippen LogP contribution in [0.15, 0.2) is 61.8 Å². The number of rotatable bonds is 4. The van der Waals surface area contributed by atoms with Gasteiger partial charge in [0.2, 0.25) is 11.8 Å². The quantitative estimate of drug-likeness (QED) is 0.572. The second-order valence-corrected chi connectivity index (χ2v) is 4.98. The zero-order valence-corrected chi connectivity index (χ0v) is 12.7. The largest absolute Gasteiger partial charge is 0.319 e. The zero-order chi connectivity index (χ0) is 17.1. The molecule has 6 nitrogen and oxygen atoms in total. The van der Waals surface area contributed by atoms with Crippen LogP contribution in [0.5, 0.6) is 0 Å². The Labute approximate surface area is 137 Å². The summed E-state index contributed by atoms with van der Waals surface area (Å²) in [6, 6.07) is 9.20. The summed E-state index contributed by atoms with van der Waals surface area (Å²) in [7, 11) is 0. The second-order valence-electron chi connectivity index (χ2n) is 4.98. The molecule has 0 aliphatic rings. The van der Waals surface area contributed by atoms with Crippen LogP contribution >= 0.6 is 0 Å². The number of hydrogen-bond acceptors (Lipinski definition) is 4. The van der Waals surface area contributed by atoms with Crippen molar-refractivity contribution >= 4 is 45.1 Å². The van der Waals surface area contributed by atoms with E-state index in [2.05, 4.69) is 33.8 Å². The Morgan fingerprint density at radius 1 is 1.04 bits per heavy atom. The van der Waals surface area contributed by atoms with Gasteiger partial charge in [-0.1, -0.05) is 19.2 Å². The summed E-state index contributed by atoms with van der Waals surface area (Å²) < 4.78 is 0. The highest BCUT2D eigenvalue weighted by molar-refractivity contribution is 6.10. The minimum atomic E-state index is -0.422. The number of amides is 2. The first-order valence-electron chi connectivity index (χ1n) is 7.17. The van der Waals surface area contributed by atoms with Gasteiger partial charge in [0.25, 0.3) is 0 Å². The number of benzene rings is 1. The smallest absolute Gasteiger partial charge is 0.248 e. The molecule has 24 heavy (non-hydrogen) atoms. The molecule has 2 aromatic heterocycles. The molecule has 0 bridgehead atoms. The number of carbonyl (C=O) groups excluding carboxylic acids is 2. The molecule has 118 valence electrons. The average Bonchev–Trinajstić information content (AvgIpc) is 2.61. The molecule has 0 radical (unpaired) electrons. The predicted octanol–water partition coefficient (Wildman–Crippen LogP) is 3.03. The lowest BCUT2D eigenvalue weighted by Gasteiger charge is -2.12. The van der Waals surface area contributed by atoms with Crippen molar-refractivity contribution in [1.82, 2.24) is 9.97 Å². The van der Waals surface area contributed by atoms with Crippen LogP contribution in [0.3, 0.4) is 0 Å². The Hall–Kier alpha value is -3.54. The topological polar surface area (TPSA) is 84.0 Å². The minimum Gasteiger partial charge on any atom is -0.319 e. The fraction of sp³-hybridized carbons (Fsp3) is 0. The lowest BCUT2D eigenvalue weighted by molar-refractivity contribution is -0.112. The summed E-state index contributed by atoms with van der Waals surface area (Å²) in [6.45, 7) is 6.85. The third-order valence-corrected chi connectivity index (χ3v) is 3.44. The van der Waals surface area contributed by atoms with Gasteiger partial charge < -0.3 is 10.6 Å². The fourth-order valence-electron chi connectivity index (χ4n) is 2.33. The normalized spacial score (nSPS) is 10.3. The van der Waals surface area contributed by atoms with Crippen LogP contribution in [0, 0.1) is 0 Å². The lowest BCUT2D eigenvalue weighted by atomic mass is 10.1. The molecule has 0 aliphatic carbocycles. The van der Waals surface area contributed by atoms with Crippen LogP contribution in [0.4, 0.5) is 11.5 Å². The van der Waals surface area contributed by atoms with Crippen molar-refractivity contribution in [3.63, 3.8) is 0 Å². The third kappa shape index (κ3) is 2.85. The van der Waals surface area contributed by atoms with E-state index >= 15 is 0 Å². The molecule has 6 heteroatoms. The summed E-state index contributed by atoms with van der Waals surface area (Å²) in [5.74, 6) is -0.582. The molecule has 0 unspecified atom stereocenters. The Balaban J connectivity index is 2.24. The zero-order valence-electron chi connectivity index (χ0n) is 12.7. The van der Waals surface area contributed by atoms with Crippen LogP contribution < -0.4 is 10.6 Å². The van der Waals surface area contributed by atoms with E-state index in [1.807, 2.05) is 24.3 Å². The van der Waals surface area contributed by atoms with E-state index in [4.69, 9.17) is 0 Å². The molecule has 0 aliphatic heterocycles. The molecule has 2 amide bonds. The molecule has 0 spiro atoms. The number of nitrogens with one attached hydrogen (secondary N) is 2. The standard InChI is InChI=1S/C18H14N4O2/c1-3-15(23)20-14-10-11-7-8-13-12(6-5-9-19-13)17(11)22-18(14)21-16(24)4-2/h3-10H,1-2H2,(H,20,23)(H,21,22,24). The molecule has 0 fully saturated rings. The van der Waals surface area contributed by atoms with E-state index in [-0.39, 0.29) is 5.82 Å². The summed E-state index contributed by atoms with van der Waals surface area (Å²) in [5, 5.41) is 6.92. The molecular formula is C18H14N4O2. The van der Waals surface area contributed by atoms with Gasteiger partial charge in [-0.3, -0.25) is 14.6 Å². The van der Waals surface area contributed by atoms with Gasteiger partial charge in [0, 0.05) is 17.0 Å². The summed E-state index contributed by atoms with van der Waals surface area (Å²) >= 11 is 0. The van der Waals surface area contributed by atoms with Crippen molar-refractivity contribution in [1.29, 1.82) is 0 Å². The van der Waals surface area contributed by atoms with Crippen LogP contribution in [-0.2, 0) is 9.59 Å². The van der Waals surface area contributed by atoms with Gasteiger partial charge >= 0.3 is 0 Å². The Morgan fingerprint density at radius 3 is 2.54 bits per heavy atom. The van der Waals surface area contributed by atoms with Crippen molar-refractivity contribution < 1.29 is 9.59 Å². The maximum Gasteiger partial charge on any atom is 0.248 e. The van der Waals surface area contributed by atoms with E-state index in [0.717, 1.165) is 28.4 Å². The number of carbonyl (C=O) groups is 2. The summed E-state index contributed by atoms with van der Waals surface area (Å²) in [5.41, 5.74) is 1.85.